The highest BCUT2D eigenvalue weighted by Crippen LogP contribution is 2.45. The van der Waals surface area contributed by atoms with E-state index in [1.54, 1.807) is 11.0 Å². The van der Waals surface area contributed by atoms with Crippen LogP contribution in [0.15, 0.2) is 18.5 Å². The van der Waals surface area contributed by atoms with Gasteiger partial charge in [-0.2, -0.15) is 0 Å². The summed E-state index contributed by atoms with van der Waals surface area (Å²) in [4.78, 5) is 35.2. The molecule has 0 aromatic carbocycles. The Bertz CT molecular complexity index is 625. The van der Waals surface area contributed by atoms with Gasteiger partial charge in [0.05, 0.1) is 12.0 Å². The fourth-order valence-electron chi connectivity index (χ4n) is 3.51. The molecule has 2 amide bonds. The van der Waals surface area contributed by atoms with Crippen molar-refractivity contribution in [3.8, 4) is 0 Å². The maximum atomic E-state index is 14.2. The Morgan fingerprint density at radius 3 is 2.61 bits per heavy atom. The number of hydrogen-bond acceptors (Lipinski definition) is 4. The Morgan fingerprint density at radius 2 is 2.00 bits per heavy atom. The first-order valence-corrected chi connectivity index (χ1v) is 7.60. The van der Waals surface area contributed by atoms with E-state index in [1.807, 2.05) is 6.92 Å². The van der Waals surface area contributed by atoms with Crippen LogP contribution in [0, 0.1) is 5.41 Å². The fourth-order valence-corrected chi connectivity index (χ4v) is 3.51. The summed E-state index contributed by atoms with van der Waals surface area (Å²) in [6.45, 7) is 2.05. The molecule has 0 N–H and O–H groups in total. The Balaban J connectivity index is 1.88. The summed E-state index contributed by atoms with van der Waals surface area (Å²) in [6.07, 6.45) is 2.61. The molecule has 2 fully saturated rings. The van der Waals surface area contributed by atoms with Gasteiger partial charge in [-0.3, -0.25) is 9.59 Å². The molecule has 1 atom stereocenters. The van der Waals surface area contributed by atoms with E-state index in [4.69, 9.17) is 0 Å². The third-order valence-electron chi connectivity index (χ3n) is 4.54. The van der Waals surface area contributed by atoms with Crippen LogP contribution < -0.4 is 0 Å². The molecule has 8 heteroatoms. The van der Waals surface area contributed by atoms with Gasteiger partial charge >= 0.3 is 0 Å². The second kappa shape index (κ2) is 5.50. The molecular weight excluding hydrogens is 306 g/mol. The average Bonchev–Trinajstić information content (AvgIpc) is 2.81. The molecule has 2 saturated heterocycles. The number of carbonyl (C=O) groups excluding carboxylic acids is 2. The average molecular weight is 324 g/mol. The van der Waals surface area contributed by atoms with Gasteiger partial charge in [-0.1, -0.05) is 0 Å². The van der Waals surface area contributed by atoms with Gasteiger partial charge in [0.15, 0.2) is 0 Å². The molecule has 0 radical (unpaired) electrons. The molecular formula is C15H18F2N4O2. The first-order valence-electron chi connectivity index (χ1n) is 7.60. The second-order valence-electron chi connectivity index (χ2n) is 6.18. The van der Waals surface area contributed by atoms with Gasteiger partial charge in [-0.15, -0.1) is 0 Å². The SMILES string of the molecule is CCN1CCC2(CN(C(=O)c3ncccn3)CC(F)(F)C2)C1=O. The largest absolute Gasteiger partial charge is 0.342 e. The molecule has 0 bridgehead atoms. The lowest BCUT2D eigenvalue weighted by Gasteiger charge is -2.42. The van der Waals surface area contributed by atoms with Gasteiger partial charge in [0.2, 0.25) is 11.7 Å². The highest BCUT2D eigenvalue weighted by atomic mass is 19.3. The summed E-state index contributed by atoms with van der Waals surface area (Å²) in [5.41, 5.74) is -1.19. The van der Waals surface area contributed by atoms with Crippen LogP contribution in [0.25, 0.3) is 0 Å². The number of rotatable bonds is 2. The van der Waals surface area contributed by atoms with Crippen molar-refractivity contribution in [3.63, 3.8) is 0 Å². The maximum absolute atomic E-state index is 14.2. The molecule has 0 aliphatic carbocycles. The lowest BCUT2D eigenvalue weighted by Crippen LogP contribution is -2.57. The fraction of sp³-hybridized carbons (Fsp3) is 0.600. The van der Waals surface area contributed by atoms with Gasteiger partial charge < -0.3 is 9.80 Å². The number of aromatic nitrogens is 2. The van der Waals surface area contributed by atoms with Crippen LogP contribution in [0.1, 0.15) is 30.4 Å². The molecule has 3 rings (SSSR count). The van der Waals surface area contributed by atoms with Crippen LogP contribution >= 0.6 is 0 Å². The summed E-state index contributed by atoms with van der Waals surface area (Å²) in [5.74, 6) is -4.17. The van der Waals surface area contributed by atoms with Crippen LogP contribution in [0.4, 0.5) is 8.78 Å². The van der Waals surface area contributed by atoms with E-state index >= 15 is 0 Å². The summed E-state index contributed by atoms with van der Waals surface area (Å²) < 4.78 is 28.5. The van der Waals surface area contributed by atoms with Crippen LogP contribution in [-0.4, -0.2) is 63.7 Å². The maximum Gasteiger partial charge on any atom is 0.291 e. The Kier molecular flexibility index (Phi) is 3.77. The van der Waals surface area contributed by atoms with Gasteiger partial charge in [0.1, 0.15) is 0 Å². The number of likely N-dealkylation sites (tertiary alicyclic amines) is 2. The van der Waals surface area contributed by atoms with Crippen LogP contribution in [0.5, 0.6) is 0 Å². The summed E-state index contributed by atoms with van der Waals surface area (Å²) >= 11 is 0. The van der Waals surface area contributed by atoms with Crippen molar-refractivity contribution in [1.29, 1.82) is 0 Å². The zero-order valence-corrected chi connectivity index (χ0v) is 12.8. The van der Waals surface area contributed by atoms with Crippen LogP contribution in [0.2, 0.25) is 0 Å². The molecule has 1 aromatic heterocycles. The van der Waals surface area contributed by atoms with E-state index in [1.165, 1.54) is 12.4 Å². The van der Waals surface area contributed by atoms with Gasteiger partial charge in [-0.25, -0.2) is 18.7 Å². The van der Waals surface area contributed by atoms with Crippen LogP contribution in [-0.2, 0) is 4.79 Å². The highest BCUT2D eigenvalue weighted by molar-refractivity contribution is 5.92. The Morgan fingerprint density at radius 1 is 1.30 bits per heavy atom. The molecule has 6 nitrogen and oxygen atoms in total. The van der Waals surface area contributed by atoms with Crippen molar-refractivity contribution in [2.75, 3.05) is 26.2 Å². The number of nitrogens with zero attached hydrogens (tertiary/aromatic N) is 4. The molecule has 0 saturated carbocycles. The molecule has 1 unspecified atom stereocenters. The first-order chi connectivity index (χ1) is 10.9. The predicted molar refractivity (Wildman–Crippen MR) is 76.8 cm³/mol. The first kappa shape index (κ1) is 15.8. The van der Waals surface area contributed by atoms with Crippen molar-refractivity contribution in [1.82, 2.24) is 19.8 Å². The van der Waals surface area contributed by atoms with E-state index in [9.17, 15) is 18.4 Å². The summed E-state index contributed by atoms with van der Waals surface area (Å²) in [5, 5.41) is 0. The van der Waals surface area contributed by atoms with E-state index in [2.05, 4.69) is 9.97 Å². The topological polar surface area (TPSA) is 66.4 Å². The van der Waals surface area contributed by atoms with Gasteiger partial charge in [0, 0.05) is 38.4 Å². The minimum Gasteiger partial charge on any atom is -0.342 e. The number of carbonyl (C=O) groups is 2. The van der Waals surface area contributed by atoms with E-state index in [0.29, 0.717) is 19.5 Å². The van der Waals surface area contributed by atoms with Crippen molar-refractivity contribution in [3.05, 3.63) is 24.3 Å². The van der Waals surface area contributed by atoms with E-state index in [-0.39, 0.29) is 18.3 Å². The smallest absolute Gasteiger partial charge is 0.291 e. The van der Waals surface area contributed by atoms with Gasteiger partial charge in [0.25, 0.3) is 11.8 Å². The standard InChI is InChI=1S/C15H18F2N4O2/c1-2-20-7-4-14(13(20)23)8-15(16,17)10-21(9-14)12(22)11-18-5-3-6-19-11/h3,5-6H,2,4,7-10H2,1H3. The minimum atomic E-state index is -3.10. The van der Waals surface area contributed by atoms with Crippen LogP contribution in [0.3, 0.4) is 0 Å². The zero-order chi connectivity index (χ0) is 16.7. The molecule has 1 spiro atoms. The van der Waals surface area contributed by atoms with Crippen molar-refractivity contribution in [2.24, 2.45) is 5.41 Å². The number of piperidine rings is 1. The summed E-state index contributed by atoms with van der Waals surface area (Å²) in [7, 11) is 0. The molecule has 124 valence electrons. The quantitative estimate of drug-likeness (QED) is 0.820. The third-order valence-corrected chi connectivity index (χ3v) is 4.54. The number of amides is 2. The number of alkyl halides is 2. The lowest BCUT2D eigenvalue weighted by atomic mass is 9.77. The molecule has 3 heterocycles. The van der Waals surface area contributed by atoms with Crippen molar-refractivity contribution >= 4 is 11.8 Å². The third kappa shape index (κ3) is 2.77. The number of halogens is 2. The predicted octanol–water partition coefficient (Wildman–Crippen LogP) is 1.20. The monoisotopic (exact) mass is 324 g/mol. The Labute approximate surface area is 132 Å². The molecule has 2 aliphatic heterocycles. The number of hydrogen-bond donors (Lipinski definition) is 0. The highest BCUT2D eigenvalue weighted by Gasteiger charge is 2.57. The lowest BCUT2D eigenvalue weighted by molar-refractivity contribution is -0.151. The normalized spacial score (nSPS) is 26.8. The van der Waals surface area contributed by atoms with Crippen molar-refractivity contribution < 1.29 is 18.4 Å². The Hall–Kier alpha value is -2.12. The van der Waals surface area contributed by atoms with E-state index in [0.717, 1.165) is 4.90 Å². The van der Waals surface area contributed by atoms with E-state index < -0.39 is 30.2 Å². The second-order valence-corrected chi connectivity index (χ2v) is 6.18. The zero-order valence-electron chi connectivity index (χ0n) is 12.8. The van der Waals surface area contributed by atoms with Crippen molar-refractivity contribution in [2.45, 2.75) is 25.7 Å². The molecule has 1 aromatic rings. The molecule has 23 heavy (non-hydrogen) atoms. The summed E-state index contributed by atoms with van der Waals surface area (Å²) in [6, 6.07) is 1.54. The molecule has 2 aliphatic rings. The van der Waals surface area contributed by atoms with Gasteiger partial charge in [-0.05, 0) is 19.4 Å². The minimum absolute atomic E-state index is 0.00495.